The van der Waals surface area contributed by atoms with Gasteiger partial charge >= 0.3 is 12.0 Å². The molecule has 0 spiro atoms. The second kappa shape index (κ2) is 10.5. The number of rotatable bonds is 9. The van der Waals surface area contributed by atoms with Crippen molar-refractivity contribution in [3.05, 3.63) is 78.0 Å². The molecule has 2 N–H and O–H groups in total. The summed E-state index contributed by atoms with van der Waals surface area (Å²) in [5.74, 6) is -0.528. The van der Waals surface area contributed by atoms with E-state index in [0.29, 0.717) is 31.3 Å². The summed E-state index contributed by atoms with van der Waals surface area (Å²) in [6, 6.07) is 16.1. The molecule has 1 aliphatic rings. The highest BCUT2D eigenvalue weighted by molar-refractivity contribution is 5.85. The molecule has 158 valence electrons. The normalized spacial score (nSPS) is 18.3. The Hall–Kier alpha value is -3.32. The lowest BCUT2D eigenvalue weighted by atomic mass is 9.89. The SMILES string of the molecule is C=C1NC(=O)N[C@@H](c2ccc(OCc3ccccc3)cc2)[C@@H]1C(=O)OCCOCC. The molecule has 0 bridgehead atoms. The van der Waals surface area contributed by atoms with Gasteiger partial charge in [-0.15, -0.1) is 0 Å². The summed E-state index contributed by atoms with van der Waals surface area (Å²) < 4.78 is 16.3. The molecule has 1 heterocycles. The summed E-state index contributed by atoms with van der Waals surface area (Å²) in [7, 11) is 0. The molecule has 3 rings (SSSR count). The first-order valence-corrected chi connectivity index (χ1v) is 9.86. The topological polar surface area (TPSA) is 85.9 Å². The van der Waals surface area contributed by atoms with Crippen molar-refractivity contribution in [2.75, 3.05) is 19.8 Å². The Kier molecular flexibility index (Phi) is 7.45. The number of ether oxygens (including phenoxy) is 3. The van der Waals surface area contributed by atoms with E-state index in [1.54, 1.807) is 0 Å². The Morgan fingerprint density at radius 3 is 2.50 bits per heavy atom. The number of carbonyl (C=O) groups is 2. The smallest absolute Gasteiger partial charge is 0.319 e. The van der Waals surface area contributed by atoms with Gasteiger partial charge in [-0.1, -0.05) is 49.0 Å². The van der Waals surface area contributed by atoms with E-state index in [0.717, 1.165) is 11.1 Å². The van der Waals surface area contributed by atoms with E-state index < -0.39 is 24.0 Å². The summed E-state index contributed by atoms with van der Waals surface area (Å²) in [5.41, 5.74) is 2.12. The zero-order chi connectivity index (χ0) is 21.3. The third-order valence-electron chi connectivity index (χ3n) is 4.69. The molecule has 2 aromatic carbocycles. The van der Waals surface area contributed by atoms with Crippen LogP contribution >= 0.6 is 0 Å². The summed E-state index contributed by atoms with van der Waals surface area (Å²) in [5, 5.41) is 5.35. The maximum atomic E-state index is 12.6. The predicted molar refractivity (Wildman–Crippen MR) is 112 cm³/mol. The first-order valence-electron chi connectivity index (χ1n) is 9.86. The van der Waals surface area contributed by atoms with Crippen molar-refractivity contribution in [1.82, 2.24) is 10.6 Å². The van der Waals surface area contributed by atoms with Crippen LogP contribution in [-0.2, 0) is 20.9 Å². The van der Waals surface area contributed by atoms with E-state index >= 15 is 0 Å². The molecule has 0 aromatic heterocycles. The van der Waals surface area contributed by atoms with E-state index in [4.69, 9.17) is 14.2 Å². The Bertz CT molecular complexity index is 867. The van der Waals surface area contributed by atoms with Crippen molar-refractivity contribution < 1.29 is 23.8 Å². The van der Waals surface area contributed by atoms with E-state index in [9.17, 15) is 9.59 Å². The average Bonchev–Trinajstić information content (AvgIpc) is 2.76. The monoisotopic (exact) mass is 410 g/mol. The third kappa shape index (κ3) is 5.61. The number of benzene rings is 2. The second-order valence-corrected chi connectivity index (χ2v) is 6.79. The van der Waals surface area contributed by atoms with Crippen LogP contribution < -0.4 is 15.4 Å². The fraction of sp³-hybridized carbons (Fsp3) is 0.304. The van der Waals surface area contributed by atoms with Crippen LogP contribution in [0, 0.1) is 5.92 Å². The molecule has 30 heavy (non-hydrogen) atoms. The van der Waals surface area contributed by atoms with Crippen molar-refractivity contribution >= 4 is 12.0 Å². The van der Waals surface area contributed by atoms with E-state index in [1.807, 2.05) is 61.5 Å². The fourth-order valence-corrected chi connectivity index (χ4v) is 3.19. The number of hydrogen-bond acceptors (Lipinski definition) is 5. The highest BCUT2D eigenvalue weighted by Crippen LogP contribution is 2.31. The molecule has 2 atom stereocenters. The van der Waals surface area contributed by atoms with Crippen LogP contribution in [0.2, 0.25) is 0 Å². The molecule has 0 radical (unpaired) electrons. The molecule has 0 saturated carbocycles. The van der Waals surface area contributed by atoms with Crippen LogP contribution in [0.5, 0.6) is 5.75 Å². The maximum absolute atomic E-state index is 12.6. The fourth-order valence-electron chi connectivity index (χ4n) is 3.19. The van der Waals surface area contributed by atoms with Crippen molar-refractivity contribution in [3.8, 4) is 5.75 Å². The second-order valence-electron chi connectivity index (χ2n) is 6.79. The van der Waals surface area contributed by atoms with Crippen LogP contribution in [0.15, 0.2) is 66.9 Å². The Morgan fingerprint density at radius 2 is 1.80 bits per heavy atom. The standard InChI is InChI=1S/C23H26N2O5/c1-3-28-13-14-29-22(26)20-16(2)24-23(27)25-21(20)18-9-11-19(12-10-18)30-15-17-7-5-4-6-8-17/h4-12,20-21H,2-3,13-15H2,1H3,(H2,24,25,27)/t20-,21+/m1/s1. The van der Waals surface area contributed by atoms with Gasteiger partial charge in [0.1, 0.15) is 24.9 Å². The van der Waals surface area contributed by atoms with Crippen LogP contribution in [0.3, 0.4) is 0 Å². The van der Waals surface area contributed by atoms with E-state index in [-0.39, 0.29) is 6.61 Å². The van der Waals surface area contributed by atoms with Crippen LogP contribution in [0.4, 0.5) is 4.79 Å². The highest BCUT2D eigenvalue weighted by Gasteiger charge is 2.38. The third-order valence-corrected chi connectivity index (χ3v) is 4.69. The Morgan fingerprint density at radius 1 is 1.07 bits per heavy atom. The van der Waals surface area contributed by atoms with Crippen LogP contribution in [0.1, 0.15) is 24.1 Å². The zero-order valence-corrected chi connectivity index (χ0v) is 16.9. The van der Waals surface area contributed by atoms with Gasteiger partial charge in [0.05, 0.1) is 12.6 Å². The van der Waals surface area contributed by atoms with E-state index in [1.165, 1.54) is 0 Å². The van der Waals surface area contributed by atoms with Crippen LogP contribution in [0.25, 0.3) is 0 Å². The van der Waals surface area contributed by atoms with Crippen LogP contribution in [-0.4, -0.2) is 31.8 Å². The first-order chi connectivity index (χ1) is 14.6. The first kappa shape index (κ1) is 21.4. The molecule has 1 fully saturated rings. The van der Waals surface area contributed by atoms with Crippen molar-refractivity contribution in [1.29, 1.82) is 0 Å². The highest BCUT2D eigenvalue weighted by atomic mass is 16.6. The van der Waals surface area contributed by atoms with Crippen molar-refractivity contribution in [3.63, 3.8) is 0 Å². The van der Waals surface area contributed by atoms with Gasteiger partial charge in [0.15, 0.2) is 0 Å². The quantitative estimate of drug-likeness (QED) is 0.489. The van der Waals surface area contributed by atoms with Gasteiger partial charge in [-0.25, -0.2) is 4.79 Å². The number of hydrogen-bond donors (Lipinski definition) is 2. The number of urea groups is 1. The Balaban J connectivity index is 1.67. The molecule has 2 amide bonds. The zero-order valence-electron chi connectivity index (χ0n) is 16.9. The summed E-state index contributed by atoms with van der Waals surface area (Å²) in [6.07, 6.45) is 0. The largest absolute Gasteiger partial charge is 0.489 e. The summed E-state index contributed by atoms with van der Waals surface area (Å²) in [4.78, 5) is 24.6. The molecule has 1 aliphatic heterocycles. The summed E-state index contributed by atoms with van der Waals surface area (Å²) >= 11 is 0. The lowest BCUT2D eigenvalue weighted by Crippen LogP contribution is -2.51. The van der Waals surface area contributed by atoms with Gasteiger partial charge < -0.3 is 24.8 Å². The van der Waals surface area contributed by atoms with Gasteiger partial charge in [-0.3, -0.25) is 4.79 Å². The molecule has 1 saturated heterocycles. The molecule has 7 nitrogen and oxygen atoms in total. The van der Waals surface area contributed by atoms with E-state index in [2.05, 4.69) is 17.2 Å². The van der Waals surface area contributed by atoms with Crippen molar-refractivity contribution in [2.45, 2.75) is 19.6 Å². The van der Waals surface area contributed by atoms with Gasteiger partial charge in [-0.05, 0) is 30.2 Å². The number of esters is 1. The predicted octanol–water partition coefficient (Wildman–Crippen LogP) is 3.33. The number of amides is 2. The molecule has 7 heteroatoms. The van der Waals surface area contributed by atoms with Gasteiger partial charge in [0.25, 0.3) is 0 Å². The summed E-state index contributed by atoms with van der Waals surface area (Å²) in [6.45, 7) is 7.17. The minimum atomic E-state index is -0.750. The van der Waals surface area contributed by atoms with Gasteiger partial charge in [-0.2, -0.15) is 0 Å². The van der Waals surface area contributed by atoms with Crippen molar-refractivity contribution in [2.24, 2.45) is 5.92 Å². The molecule has 2 aromatic rings. The van der Waals surface area contributed by atoms with Gasteiger partial charge in [0, 0.05) is 12.3 Å². The molecular weight excluding hydrogens is 384 g/mol. The average molecular weight is 410 g/mol. The minimum absolute atomic E-state index is 0.142. The molecular formula is C23H26N2O5. The number of carbonyl (C=O) groups excluding carboxylic acids is 2. The maximum Gasteiger partial charge on any atom is 0.319 e. The lowest BCUT2D eigenvalue weighted by Gasteiger charge is -2.33. The van der Waals surface area contributed by atoms with Gasteiger partial charge in [0.2, 0.25) is 0 Å². The lowest BCUT2D eigenvalue weighted by molar-refractivity contribution is -0.150. The molecule has 0 unspecified atom stereocenters. The number of nitrogens with one attached hydrogen (secondary N) is 2. The Labute approximate surface area is 176 Å². The minimum Gasteiger partial charge on any atom is -0.489 e. The molecule has 0 aliphatic carbocycles.